The van der Waals surface area contributed by atoms with E-state index in [4.69, 9.17) is 4.74 Å². The minimum Gasteiger partial charge on any atom is -0.484 e. The van der Waals surface area contributed by atoms with Crippen LogP contribution in [0.25, 0.3) is 0 Å². The number of nitrogens with one attached hydrogen (secondary N) is 2. The Morgan fingerprint density at radius 3 is 2.09 bits per heavy atom. The highest BCUT2D eigenvalue weighted by Gasteiger charge is 2.34. The van der Waals surface area contributed by atoms with E-state index in [1.165, 1.54) is 36.4 Å². The summed E-state index contributed by atoms with van der Waals surface area (Å²) in [7, 11) is -3.96. The molecule has 0 fully saturated rings. The number of hydrogen-bond donors (Lipinski definition) is 2. The predicted octanol–water partition coefficient (Wildman–Crippen LogP) is 4.80. The van der Waals surface area contributed by atoms with Gasteiger partial charge in [0.1, 0.15) is 17.4 Å². The minimum absolute atomic E-state index is 0.112. The Kier molecular flexibility index (Phi) is 6.86. The number of halogens is 5. The second-order valence-electron chi connectivity index (χ2n) is 6.61. The third kappa shape index (κ3) is 6.42. The minimum atomic E-state index is -4.92. The highest BCUT2D eigenvalue weighted by molar-refractivity contribution is 7.92. The van der Waals surface area contributed by atoms with E-state index < -0.39 is 45.9 Å². The molecule has 0 aliphatic heterocycles. The number of benzene rings is 3. The van der Waals surface area contributed by atoms with Crippen molar-refractivity contribution < 1.29 is 39.9 Å². The van der Waals surface area contributed by atoms with E-state index in [-0.39, 0.29) is 22.0 Å². The summed E-state index contributed by atoms with van der Waals surface area (Å²) >= 11 is 0. The lowest BCUT2D eigenvalue weighted by atomic mass is 10.2. The van der Waals surface area contributed by atoms with E-state index >= 15 is 0 Å². The van der Waals surface area contributed by atoms with Crippen LogP contribution in [0.1, 0.15) is 5.56 Å². The SMILES string of the molecule is O=C(COc1ccc(S(=O)(=O)Nc2ccc(F)cc2)cc1)Nc1ccc(F)c(C(F)(F)F)c1. The molecule has 0 bridgehead atoms. The van der Waals surface area contributed by atoms with Crippen LogP contribution in [0.3, 0.4) is 0 Å². The van der Waals surface area contributed by atoms with Gasteiger partial charge in [0.15, 0.2) is 6.61 Å². The van der Waals surface area contributed by atoms with Crippen LogP contribution >= 0.6 is 0 Å². The van der Waals surface area contributed by atoms with Crippen molar-refractivity contribution in [3.8, 4) is 5.75 Å². The summed E-state index contributed by atoms with van der Waals surface area (Å²) in [6.07, 6.45) is -4.92. The molecular weight excluding hydrogens is 471 g/mol. The summed E-state index contributed by atoms with van der Waals surface area (Å²) in [4.78, 5) is 11.8. The van der Waals surface area contributed by atoms with Gasteiger partial charge in [0.2, 0.25) is 0 Å². The number of hydrogen-bond acceptors (Lipinski definition) is 4. The normalized spacial score (nSPS) is 11.7. The second-order valence-corrected chi connectivity index (χ2v) is 8.30. The molecule has 1 amide bonds. The van der Waals surface area contributed by atoms with Gasteiger partial charge in [0, 0.05) is 11.4 Å². The van der Waals surface area contributed by atoms with Gasteiger partial charge in [0.05, 0.1) is 10.5 Å². The molecule has 0 saturated heterocycles. The van der Waals surface area contributed by atoms with Gasteiger partial charge in [-0.3, -0.25) is 9.52 Å². The smallest absolute Gasteiger partial charge is 0.419 e. The number of sulfonamides is 1. The molecule has 0 spiro atoms. The van der Waals surface area contributed by atoms with Crippen LogP contribution < -0.4 is 14.8 Å². The Labute approximate surface area is 185 Å². The fourth-order valence-corrected chi connectivity index (χ4v) is 3.67. The fourth-order valence-electron chi connectivity index (χ4n) is 2.61. The number of alkyl halides is 3. The first-order chi connectivity index (χ1) is 15.4. The number of carbonyl (C=O) groups excluding carboxylic acids is 1. The Bertz CT molecular complexity index is 1250. The quantitative estimate of drug-likeness (QED) is 0.470. The molecule has 2 N–H and O–H groups in total. The Balaban J connectivity index is 1.59. The molecular formula is C21H15F5N2O4S. The average Bonchev–Trinajstić information content (AvgIpc) is 2.75. The number of ether oxygens (including phenoxy) is 1. The molecule has 3 rings (SSSR count). The highest BCUT2D eigenvalue weighted by Crippen LogP contribution is 2.33. The fraction of sp³-hybridized carbons (Fsp3) is 0.0952. The van der Waals surface area contributed by atoms with Crippen LogP contribution in [0.15, 0.2) is 71.6 Å². The number of carbonyl (C=O) groups is 1. The monoisotopic (exact) mass is 486 g/mol. The van der Waals surface area contributed by atoms with Crippen molar-refractivity contribution in [1.29, 1.82) is 0 Å². The number of anilines is 2. The van der Waals surface area contributed by atoms with Crippen molar-refractivity contribution in [3.05, 3.63) is 83.9 Å². The van der Waals surface area contributed by atoms with Gasteiger partial charge in [-0.05, 0) is 66.7 Å². The lowest BCUT2D eigenvalue weighted by molar-refractivity contribution is -0.140. The molecule has 0 atom stereocenters. The molecule has 3 aromatic rings. The van der Waals surface area contributed by atoms with E-state index in [9.17, 15) is 35.2 Å². The summed E-state index contributed by atoms with van der Waals surface area (Å²) in [5, 5.41) is 2.16. The van der Waals surface area contributed by atoms with Crippen molar-refractivity contribution in [2.45, 2.75) is 11.1 Å². The van der Waals surface area contributed by atoms with Crippen LogP contribution in [0.2, 0.25) is 0 Å². The molecule has 0 unspecified atom stereocenters. The molecule has 174 valence electrons. The van der Waals surface area contributed by atoms with E-state index in [1.807, 2.05) is 0 Å². The summed E-state index contributed by atoms with van der Waals surface area (Å²) in [5.41, 5.74) is -1.64. The van der Waals surface area contributed by atoms with E-state index in [2.05, 4.69) is 10.0 Å². The van der Waals surface area contributed by atoms with Crippen LogP contribution in [0.5, 0.6) is 5.75 Å². The standard InChI is InChI=1S/C21H15F5N2O4S/c22-13-1-3-14(4-2-13)28-33(30,31)17-8-6-16(7-9-17)32-12-20(29)27-15-5-10-19(23)18(11-15)21(24,25)26/h1-11,28H,12H2,(H,27,29). The van der Waals surface area contributed by atoms with Gasteiger partial charge in [0.25, 0.3) is 15.9 Å². The Morgan fingerprint density at radius 2 is 1.48 bits per heavy atom. The zero-order valence-electron chi connectivity index (χ0n) is 16.5. The molecule has 0 radical (unpaired) electrons. The molecule has 3 aromatic carbocycles. The maximum atomic E-state index is 13.3. The van der Waals surface area contributed by atoms with E-state index in [1.54, 1.807) is 0 Å². The van der Waals surface area contributed by atoms with Crippen LogP contribution in [0, 0.1) is 11.6 Å². The maximum Gasteiger partial charge on any atom is 0.419 e. The molecule has 0 aliphatic carbocycles. The van der Waals surface area contributed by atoms with Crippen molar-refractivity contribution in [2.75, 3.05) is 16.6 Å². The first-order valence-electron chi connectivity index (χ1n) is 9.12. The van der Waals surface area contributed by atoms with Gasteiger partial charge in [-0.1, -0.05) is 0 Å². The lowest BCUT2D eigenvalue weighted by Gasteiger charge is -2.12. The maximum absolute atomic E-state index is 13.3. The lowest BCUT2D eigenvalue weighted by Crippen LogP contribution is -2.21. The molecule has 6 nitrogen and oxygen atoms in total. The summed E-state index contributed by atoms with van der Waals surface area (Å²) < 4.78 is 96.7. The molecule has 33 heavy (non-hydrogen) atoms. The van der Waals surface area contributed by atoms with Crippen molar-refractivity contribution in [1.82, 2.24) is 0 Å². The molecule has 0 saturated carbocycles. The number of rotatable bonds is 7. The van der Waals surface area contributed by atoms with Gasteiger partial charge in [-0.15, -0.1) is 0 Å². The molecule has 0 aliphatic rings. The number of amides is 1. The van der Waals surface area contributed by atoms with Crippen LogP contribution in [0.4, 0.5) is 33.3 Å². The third-order valence-electron chi connectivity index (χ3n) is 4.16. The Morgan fingerprint density at radius 1 is 0.879 bits per heavy atom. The summed E-state index contributed by atoms with van der Waals surface area (Å²) in [6, 6.07) is 11.6. The third-order valence-corrected chi connectivity index (χ3v) is 5.55. The van der Waals surface area contributed by atoms with Crippen molar-refractivity contribution >= 4 is 27.3 Å². The van der Waals surface area contributed by atoms with E-state index in [0.717, 1.165) is 18.2 Å². The van der Waals surface area contributed by atoms with E-state index in [0.29, 0.717) is 12.1 Å². The van der Waals surface area contributed by atoms with Crippen molar-refractivity contribution in [2.24, 2.45) is 0 Å². The zero-order chi connectivity index (χ0) is 24.2. The summed E-state index contributed by atoms with van der Waals surface area (Å²) in [6.45, 7) is -0.599. The molecule has 12 heteroatoms. The highest BCUT2D eigenvalue weighted by atomic mass is 32.2. The van der Waals surface area contributed by atoms with Gasteiger partial charge < -0.3 is 10.1 Å². The topological polar surface area (TPSA) is 84.5 Å². The van der Waals surface area contributed by atoms with Crippen molar-refractivity contribution in [3.63, 3.8) is 0 Å². The van der Waals surface area contributed by atoms with Gasteiger partial charge >= 0.3 is 6.18 Å². The molecule has 0 heterocycles. The van der Waals surface area contributed by atoms with Gasteiger partial charge in [-0.25, -0.2) is 17.2 Å². The average molecular weight is 486 g/mol. The second kappa shape index (κ2) is 9.45. The Hall–Kier alpha value is -3.67. The van der Waals surface area contributed by atoms with Gasteiger partial charge in [-0.2, -0.15) is 13.2 Å². The first-order valence-corrected chi connectivity index (χ1v) is 10.6. The summed E-state index contributed by atoms with van der Waals surface area (Å²) in [5.74, 6) is -2.70. The van der Waals surface area contributed by atoms with Crippen LogP contribution in [-0.2, 0) is 21.0 Å². The molecule has 0 aromatic heterocycles. The predicted molar refractivity (Wildman–Crippen MR) is 109 cm³/mol. The first kappa shape index (κ1) is 24.0. The van der Waals surface area contributed by atoms with Crippen LogP contribution in [-0.4, -0.2) is 20.9 Å². The zero-order valence-corrected chi connectivity index (χ0v) is 17.3. The largest absolute Gasteiger partial charge is 0.484 e.